The lowest BCUT2D eigenvalue weighted by Crippen LogP contribution is -2.04. The third-order valence-corrected chi connectivity index (χ3v) is 5.39. The summed E-state index contributed by atoms with van der Waals surface area (Å²) in [4.78, 5) is 4.59. The van der Waals surface area contributed by atoms with Crippen LogP contribution in [0.2, 0.25) is 0 Å². The molecule has 1 N–H and O–H groups in total. The van der Waals surface area contributed by atoms with Crippen LogP contribution in [-0.2, 0) is 0 Å². The normalized spacial score (nSPS) is 12.9. The second-order valence-electron chi connectivity index (χ2n) is 7.45. The lowest BCUT2D eigenvalue weighted by atomic mass is 9.98. The number of rotatable bonds is 5. The molecule has 0 bridgehead atoms. The highest BCUT2D eigenvalue weighted by Crippen LogP contribution is 2.30. The molecule has 0 saturated carbocycles. The Morgan fingerprint density at radius 2 is 1.97 bits per heavy atom. The van der Waals surface area contributed by atoms with E-state index in [1.165, 1.54) is 12.1 Å². The Morgan fingerprint density at radius 1 is 1.13 bits per heavy atom. The Bertz CT molecular complexity index is 1360. The van der Waals surface area contributed by atoms with Gasteiger partial charge in [0, 0.05) is 41.3 Å². The largest absolute Gasteiger partial charge is 0.356 e. The minimum Gasteiger partial charge on any atom is -0.356 e. The van der Waals surface area contributed by atoms with Crippen molar-refractivity contribution < 1.29 is 4.39 Å². The Labute approximate surface area is 179 Å². The first-order valence-electron chi connectivity index (χ1n) is 9.98. The number of aromatic nitrogens is 2. The molecule has 152 valence electrons. The molecule has 0 radical (unpaired) electrons. The average molecular weight is 409 g/mol. The summed E-state index contributed by atoms with van der Waals surface area (Å²) in [6.45, 7) is 6.25. The molecule has 31 heavy (non-hydrogen) atoms. The van der Waals surface area contributed by atoms with Crippen LogP contribution in [0.4, 0.5) is 10.1 Å². The number of halogens is 1. The molecule has 3 heterocycles. The number of pyridine rings is 1. The third-order valence-electron chi connectivity index (χ3n) is 5.39. The number of fused-ring (bicyclic) bond motifs is 1. The van der Waals surface area contributed by atoms with Crippen molar-refractivity contribution in [3.63, 3.8) is 0 Å². The van der Waals surface area contributed by atoms with E-state index in [0.29, 0.717) is 6.42 Å². The zero-order chi connectivity index (χ0) is 21.4. The van der Waals surface area contributed by atoms with Gasteiger partial charge in [-0.1, -0.05) is 24.8 Å². The van der Waals surface area contributed by atoms with Crippen molar-refractivity contribution in [2.45, 2.75) is 13.3 Å². The van der Waals surface area contributed by atoms with Gasteiger partial charge in [-0.2, -0.15) is 10.2 Å². The fourth-order valence-electron chi connectivity index (χ4n) is 3.78. The zero-order valence-corrected chi connectivity index (χ0v) is 17.0. The molecule has 5 rings (SSSR count). The first kappa shape index (κ1) is 18.9. The van der Waals surface area contributed by atoms with Gasteiger partial charge in [-0.05, 0) is 54.4 Å². The SMILES string of the molecule is C=C(Nc1ccc(F)cc1)c1cc(-c2cccn3c(C4=NN=CC4)ncc23)ccc1C. The van der Waals surface area contributed by atoms with Crippen molar-refractivity contribution in [3.8, 4) is 11.1 Å². The number of imidazole rings is 1. The molecule has 0 spiro atoms. The molecule has 5 nitrogen and oxygen atoms in total. The van der Waals surface area contributed by atoms with E-state index < -0.39 is 0 Å². The van der Waals surface area contributed by atoms with Crippen LogP contribution in [-0.4, -0.2) is 21.3 Å². The molecule has 2 aromatic heterocycles. The number of anilines is 1. The van der Waals surface area contributed by atoms with E-state index >= 15 is 0 Å². The summed E-state index contributed by atoms with van der Waals surface area (Å²) in [5, 5.41) is 11.4. The Hall–Kier alpha value is -4.06. The van der Waals surface area contributed by atoms with Crippen LogP contribution < -0.4 is 5.32 Å². The van der Waals surface area contributed by atoms with Gasteiger partial charge in [-0.3, -0.25) is 4.40 Å². The molecular weight excluding hydrogens is 389 g/mol. The average Bonchev–Trinajstić information content (AvgIpc) is 3.45. The molecule has 0 saturated heterocycles. The van der Waals surface area contributed by atoms with Crippen LogP contribution in [0.5, 0.6) is 0 Å². The molecule has 1 aliphatic rings. The highest BCUT2D eigenvalue weighted by molar-refractivity contribution is 6.08. The number of hydrogen-bond acceptors (Lipinski definition) is 4. The van der Waals surface area contributed by atoms with Gasteiger partial charge in [-0.15, -0.1) is 0 Å². The highest BCUT2D eigenvalue weighted by atomic mass is 19.1. The molecule has 0 fully saturated rings. The van der Waals surface area contributed by atoms with Crippen LogP contribution in [0.15, 0.2) is 83.8 Å². The first-order chi connectivity index (χ1) is 15.1. The van der Waals surface area contributed by atoms with Crippen molar-refractivity contribution in [3.05, 3.63) is 96.3 Å². The summed E-state index contributed by atoms with van der Waals surface area (Å²) < 4.78 is 15.3. The molecule has 1 aliphatic heterocycles. The maximum atomic E-state index is 13.2. The van der Waals surface area contributed by atoms with Gasteiger partial charge in [0.1, 0.15) is 11.5 Å². The Kier molecular flexibility index (Phi) is 4.67. The van der Waals surface area contributed by atoms with Crippen molar-refractivity contribution in [2.75, 3.05) is 5.32 Å². The number of hydrogen-bond donors (Lipinski definition) is 1. The quantitative estimate of drug-likeness (QED) is 0.459. The van der Waals surface area contributed by atoms with Crippen molar-refractivity contribution in [1.82, 2.24) is 9.38 Å². The third kappa shape index (κ3) is 3.53. The van der Waals surface area contributed by atoms with E-state index in [4.69, 9.17) is 0 Å². The summed E-state index contributed by atoms with van der Waals surface area (Å²) in [5.74, 6) is 0.543. The topological polar surface area (TPSA) is 54.0 Å². The number of nitrogens with one attached hydrogen (secondary N) is 1. The lowest BCUT2D eigenvalue weighted by Gasteiger charge is -2.15. The maximum Gasteiger partial charge on any atom is 0.161 e. The minimum absolute atomic E-state index is 0.266. The second-order valence-corrected chi connectivity index (χ2v) is 7.45. The monoisotopic (exact) mass is 409 g/mol. The van der Waals surface area contributed by atoms with Crippen LogP contribution >= 0.6 is 0 Å². The predicted octanol–water partition coefficient (Wildman–Crippen LogP) is 5.71. The van der Waals surface area contributed by atoms with E-state index in [2.05, 4.69) is 51.3 Å². The second kappa shape index (κ2) is 7.65. The molecule has 2 aromatic carbocycles. The van der Waals surface area contributed by atoms with Crippen LogP contribution in [0.25, 0.3) is 22.3 Å². The lowest BCUT2D eigenvalue weighted by molar-refractivity contribution is 0.628. The number of nitrogens with zero attached hydrogens (tertiary/aromatic N) is 4. The fraction of sp³-hybridized carbons (Fsp3) is 0.0800. The molecule has 4 aromatic rings. The highest BCUT2D eigenvalue weighted by Gasteiger charge is 2.16. The van der Waals surface area contributed by atoms with Crippen molar-refractivity contribution >= 4 is 28.8 Å². The van der Waals surface area contributed by atoms with Gasteiger partial charge in [0.25, 0.3) is 0 Å². The first-order valence-corrected chi connectivity index (χ1v) is 9.98. The zero-order valence-electron chi connectivity index (χ0n) is 17.0. The van der Waals surface area contributed by atoms with Crippen molar-refractivity contribution in [1.29, 1.82) is 0 Å². The molecule has 0 aliphatic carbocycles. The van der Waals surface area contributed by atoms with Crippen LogP contribution in [0.1, 0.15) is 23.4 Å². The standard InChI is InChI=1S/C25H20FN5/c1-16-5-6-18(14-22(16)17(2)29-20-9-7-19(26)8-10-20)21-4-3-13-31-24(21)15-27-25(31)23-11-12-28-30-23/h3-10,12-15,29H,2,11H2,1H3. The van der Waals surface area contributed by atoms with E-state index in [9.17, 15) is 4.39 Å². The molecular formula is C25H20FN5. The van der Waals surface area contributed by atoms with E-state index in [1.54, 1.807) is 18.3 Å². The maximum absolute atomic E-state index is 13.2. The van der Waals surface area contributed by atoms with Gasteiger partial charge in [0.05, 0.1) is 11.7 Å². The summed E-state index contributed by atoms with van der Waals surface area (Å²) in [6.07, 6.45) is 6.34. The van der Waals surface area contributed by atoms with E-state index in [-0.39, 0.29) is 5.82 Å². The van der Waals surface area contributed by atoms with Crippen LogP contribution in [0, 0.1) is 12.7 Å². The minimum atomic E-state index is -0.266. The summed E-state index contributed by atoms with van der Waals surface area (Å²) >= 11 is 0. The van der Waals surface area contributed by atoms with Gasteiger partial charge in [0.2, 0.25) is 0 Å². The Morgan fingerprint density at radius 3 is 2.74 bits per heavy atom. The van der Waals surface area contributed by atoms with Gasteiger partial charge in [-0.25, -0.2) is 9.37 Å². The number of benzene rings is 2. The Balaban J connectivity index is 1.52. The number of aryl methyl sites for hydroxylation is 1. The molecule has 0 amide bonds. The smallest absolute Gasteiger partial charge is 0.161 e. The fourth-order valence-corrected chi connectivity index (χ4v) is 3.78. The molecule has 6 heteroatoms. The molecule has 0 atom stereocenters. The van der Waals surface area contributed by atoms with Gasteiger partial charge >= 0.3 is 0 Å². The van der Waals surface area contributed by atoms with Crippen LogP contribution in [0.3, 0.4) is 0 Å². The summed E-state index contributed by atoms with van der Waals surface area (Å²) in [5.41, 5.74) is 7.63. The van der Waals surface area contributed by atoms with Crippen molar-refractivity contribution in [2.24, 2.45) is 10.2 Å². The van der Waals surface area contributed by atoms with Gasteiger partial charge < -0.3 is 5.32 Å². The predicted molar refractivity (Wildman–Crippen MR) is 124 cm³/mol. The van der Waals surface area contributed by atoms with Gasteiger partial charge in [0.15, 0.2) is 5.82 Å². The van der Waals surface area contributed by atoms with E-state index in [0.717, 1.165) is 50.7 Å². The summed E-state index contributed by atoms with van der Waals surface area (Å²) in [7, 11) is 0. The van der Waals surface area contributed by atoms with E-state index in [1.807, 2.05) is 29.8 Å². The molecule has 0 unspecified atom stereocenters. The summed E-state index contributed by atoms with van der Waals surface area (Å²) in [6, 6.07) is 16.6.